The predicted octanol–water partition coefficient (Wildman–Crippen LogP) is -0.459. The van der Waals surface area contributed by atoms with Gasteiger partial charge in [-0.2, -0.15) is 0 Å². The molecule has 0 unspecified atom stereocenters. The second kappa shape index (κ2) is 8.67. The average Bonchev–Trinajstić information content (AvgIpc) is 2.44. The quantitative estimate of drug-likeness (QED) is 0.632. The lowest BCUT2D eigenvalue weighted by Crippen LogP contribution is -2.47. The summed E-state index contributed by atoms with van der Waals surface area (Å²) in [6.45, 7) is 5.41. The number of likely N-dealkylation sites (N-methyl/N-ethyl adjacent to an activating group) is 1. The lowest BCUT2D eigenvalue weighted by atomic mass is 10.1. The Hall–Kier alpha value is -0.700. The molecule has 0 bridgehead atoms. The number of ether oxygens (including phenoxy) is 1. The highest BCUT2D eigenvalue weighted by molar-refractivity contribution is 7.89. The number of carbonyl (C=O) groups is 1. The second-order valence-corrected chi connectivity index (χ2v) is 7.47. The molecule has 1 heterocycles. The minimum absolute atomic E-state index is 0.00660. The summed E-state index contributed by atoms with van der Waals surface area (Å²) < 4.78 is 31.0. The van der Waals surface area contributed by atoms with E-state index in [4.69, 9.17) is 4.74 Å². The Morgan fingerprint density at radius 3 is 2.57 bits per heavy atom. The average molecular weight is 321 g/mol. The summed E-state index contributed by atoms with van der Waals surface area (Å²) in [6, 6.07) is 0.188. The van der Waals surface area contributed by atoms with Gasteiger partial charge in [0.25, 0.3) is 0 Å². The molecule has 21 heavy (non-hydrogen) atoms. The number of carbonyl (C=O) groups excluding carboxylic acids is 1. The number of rotatable bonds is 8. The van der Waals surface area contributed by atoms with Crippen LogP contribution in [0.5, 0.6) is 0 Å². The van der Waals surface area contributed by atoms with E-state index < -0.39 is 10.0 Å². The van der Waals surface area contributed by atoms with Crippen LogP contribution in [-0.2, 0) is 19.6 Å². The normalized spacial score (nSPS) is 17.1. The lowest BCUT2D eigenvalue weighted by Gasteiger charge is -2.31. The van der Waals surface area contributed by atoms with Crippen LogP contribution < -0.4 is 10.0 Å². The summed E-state index contributed by atoms with van der Waals surface area (Å²) in [5, 5.41) is 3.23. The highest BCUT2D eigenvalue weighted by atomic mass is 32.2. The van der Waals surface area contributed by atoms with Crippen LogP contribution in [0.1, 0.15) is 26.7 Å². The Kier molecular flexibility index (Phi) is 7.58. The van der Waals surface area contributed by atoms with Gasteiger partial charge in [0.15, 0.2) is 0 Å². The van der Waals surface area contributed by atoms with E-state index in [0.29, 0.717) is 0 Å². The molecule has 0 atom stereocenters. The van der Waals surface area contributed by atoms with Crippen molar-refractivity contribution in [2.75, 3.05) is 39.0 Å². The maximum absolute atomic E-state index is 12.0. The third-order valence-electron chi connectivity index (χ3n) is 3.50. The first kappa shape index (κ1) is 18.3. The van der Waals surface area contributed by atoms with Gasteiger partial charge in [0.2, 0.25) is 15.9 Å². The minimum atomic E-state index is -3.47. The number of sulfonamides is 1. The second-order valence-electron chi connectivity index (χ2n) is 5.55. The zero-order valence-corrected chi connectivity index (χ0v) is 13.9. The van der Waals surface area contributed by atoms with Crippen molar-refractivity contribution in [2.24, 2.45) is 0 Å². The number of piperidine rings is 1. The van der Waals surface area contributed by atoms with Crippen molar-refractivity contribution in [1.29, 1.82) is 0 Å². The molecule has 7 nitrogen and oxygen atoms in total. The first-order chi connectivity index (χ1) is 9.82. The molecule has 0 aromatic heterocycles. The van der Waals surface area contributed by atoms with Crippen LogP contribution in [0, 0.1) is 0 Å². The minimum Gasteiger partial charge on any atom is -0.378 e. The van der Waals surface area contributed by atoms with Crippen molar-refractivity contribution in [3.8, 4) is 0 Å². The van der Waals surface area contributed by atoms with Crippen LogP contribution in [0.4, 0.5) is 0 Å². The molecule has 0 aliphatic carbocycles. The van der Waals surface area contributed by atoms with E-state index in [-0.39, 0.29) is 37.0 Å². The Balaban J connectivity index is 2.33. The molecule has 1 aliphatic rings. The Labute approximate surface area is 127 Å². The highest BCUT2D eigenvalue weighted by Gasteiger charge is 2.22. The monoisotopic (exact) mass is 321 g/mol. The molecular formula is C13H27N3O4S. The van der Waals surface area contributed by atoms with Gasteiger partial charge in [-0.05, 0) is 39.8 Å². The smallest absolute Gasteiger partial charge is 0.237 e. The summed E-state index contributed by atoms with van der Waals surface area (Å²) >= 11 is 0. The van der Waals surface area contributed by atoms with Crippen LogP contribution in [0.25, 0.3) is 0 Å². The molecule has 1 aliphatic heterocycles. The van der Waals surface area contributed by atoms with Gasteiger partial charge in [-0.1, -0.05) is 0 Å². The fourth-order valence-corrected chi connectivity index (χ4v) is 2.96. The third-order valence-corrected chi connectivity index (χ3v) is 4.78. The van der Waals surface area contributed by atoms with Gasteiger partial charge in [0.1, 0.15) is 0 Å². The Morgan fingerprint density at radius 2 is 2.00 bits per heavy atom. The van der Waals surface area contributed by atoms with Gasteiger partial charge in [-0.25, -0.2) is 13.1 Å². The van der Waals surface area contributed by atoms with E-state index in [1.165, 1.54) is 0 Å². The number of nitrogens with one attached hydrogen (secondary N) is 2. The maximum atomic E-state index is 12.0. The molecule has 8 heteroatoms. The molecule has 1 fully saturated rings. The summed E-state index contributed by atoms with van der Waals surface area (Å²) in [7, 11) is -1.74. The van der Waals surface area contributed by atoms with Gasteiger partial charge >= 0.3 is 0 Å². The van der Waals surface area contributed by atoms with E-state index in [9.17, 15) is 13.2 Å². The summed E-state index contributed by atoms with van der Waals surface area (Å²) in [6.07, 6.45) is 1.79. The number of hydrogen-bond donors (Lipinski definition) is 2. The fraction of sp³-hybridized carbons (Fsp3) is 0.923. The van der Waals surface area contributed by atoms with Crippen LogP contribution in [-0.4, -0.2) is 70.4 Å². The SMILES string of the molecule is CC(C)OCCS(=O)(=O)NCC(=O)N(C)C1CCNCC1. The molecule has 0 saturated carbocycles. The third kappa shape index (κ3) is 7.21. The van der Waals surface area contributed by atoms with E-state index >= 15 is 0 Å². The van der Waals surface area contributed by atoms with E-state index in [1.807, 2.05) is 13.8 Å². The zero-order valence-electron chi connectivity index (χ0n) is 13.1. The summed E-state index contributed by atoms with van der Waals surface area (Å²) in [5.74, 6) is -0.328. The molecule has 0 radical (unpaired) electrons. The molecule has 0 aromatic rings. The van der Waals surface area contributed by atoms with Gasteiger partial charge in [0.05, 0.1) is 25.0 Å². The van der Waals surface area contributed by atoms with Crippen LogP contribution in [0.15, 0.2) is 0 Å². The molecule has 1 amide bonds. The van der Waals surface area contributed by atoms with Crippen molar-refractivity contribution < 1.29 is 17.9 Å². The van der Waals surface area contributed by atoms with Gasteiger partial charge < -0.3 is 15.0 Å². The van der Waals surface area contributed by atoms with Gasteiger partial charge in [-0.3, -0.25) is 4.79 Å². The van der Waals surface area contributed by atoms with E-state index in [2.05, 4.69) is 10.0 Å². The van der Waals surface area contributed by atoms with Crippen LogP contribution in [0.3, 0.4) is 0 Å². The maximum Gasteiger partial charge on any atom is 0.237 e. The zero-order chi connectivity index (χ0) is 15.9. The number of nitrogens with zero attached hydrogens (tertiary/aromatic N) is 1. The molecule has 0 aromatic carbocycles. The van der Waals surface area contributed by atoms with Crippen molar-refractivity contribution >= 4 is 15.9 Å². The standard InChI is InChI=1S/C13H27N3O4S/c1-11(2)20-8-9-21(18,19)15-10-13(17)16(3)12-4-6-14-7-5-12/h11-12,14-15H,4-10H2,1-3H3. The predicted molar refractivity (Wildman–Crippen MR) is 81.5 cm³/mol. The molecule has 2 N–H and O–H groups in total. The van der Waals surface area contributed by atoms with Crippen molar-refractivity contribution in [1.82, 2.24) is 14.9 Å². The molecule has 1 saturated heterocycles. The number of hydrogen-bond acceptors (Lipinski definition) is 5. The Bertz CT molecular complexity index is 419. The highest BCUT2D eigenvalue weighted by Crippen LogP contribution is 2.09. The van der Waals surface area contributed by atoms with Crippen molar-refractivity contribution in [3.63, 3.8) is 0 Å². The summed E-state index contributed by atoms with van der Waals surface area (Å²) in [5.41, 5.74) is 0. The van der Waals surface area contributed by atoms with Gasteiger partial charge in [-0.15, -0.1) is 0 Å². The first-order valence-electron chi connectivity index (χ1n) is 7.37. The topological polar surface area (TPSA) is 87.7 Å². The molecule has 124 valence electrons. The molecule has 1 rings (SSSR count). The van der Waals surface area contributed by atoms with Gasteiger partial charge in [0, 0.05) is 13.1 Å². The molecule has 0 spiro atoms. The van der Waals surface area contributed by atoms with Crippen molar-refractivity contribution in [3.05, 3.63) is 0 Å². The fourth-order valence-electron chi connectivity index (χ4n) is 2.16. The summed E-state index contributed by atoms with van der Waals surface area (Å²) in [4.78, 5) is 13.7. The van der Waals surface area contributed by atoms with Crippen LogP contribution >= 0.6 is 0 Å². The van der Waals surface area contributed by atoms with Crippen molar-refractivity contribution in [2.45, 2.75) is 38.8 Å². The number of amides is 1. The lowest BCUT2D eigenvalue weighted by molar-refractivity contribution is -0.131. The van der Waals surface area contributed by atoms with E-state index in [1.54, 1.807) is 11.9 Å². The molecular weight excluding hydrogens is 294 g/mol. The first-order valence-corrected chi connectivity index (χ1v) is 9.02. The van der Waals surface area contributed by atoms with E-state index in [0.717, 1.165) is 25.9 Å². The largest absolute Gasteiger partial charge is 0.378 e. The van der Waals surface area contributed by atoms with Crippen LogP contribution in [0.2, 0.25) is 0 Å². The Morgan fingerprint density at radius 1 is 1.38 bits per heavy atom.